The third kappa shape index (κ3) is 5.47. The van der Waals surface area contributed by atoms with Crippen LogP contribution in [0, 0.1) is 0 Å². The van der Waals surface area contributed by atoms with Crippen molar-refractivity contribution in [3.8, 4) is 0 Å². The van der Waals surface area contributed by atoms with Crippen LogP contribution in [0.25, 0.3) is 0 Å². The molecule has 1 unspecified atom stereocenters. The highest BCUT2D eigenvalue weighted by Gasteiger charge is 1.89. The van der Waals surface area contributed by atoms with E-state index in [0.717, 1.165) is 12.8 Å². The molecule has 0 bridgehead atoms. The zero-order valence-electron chi connectivity index (χ0n) is 4.77. The van der Waals surface area contributed by atoms with Gasteiger partial charge in [0.2, 0.25) is 6.41 Å². The fraction of sp³-hybridized carbons (Fsp3) is 0.833. The normalized spacial score (nSPS) is 11.2. The Morgan fingerprint density at radius 3 is 2.38 bits per heavy atom. The number of rotatable bonds is 3. The summed E-state index contributed by atoms with van der Waals surface area (Å²) in [5, 5.41) is 2.61. The minimum Gasteiger partial charge on any atom is -0.356 e. The summed E-state index contributed by atoms with van der Waals surface area (Å²) < 4.78 is 0. The standard InChI is InChI=1S/C5H11NO.CH4/c1-3-5(2)6-4-7;/h4-5H,3H2,1-2H3,(H,6,7);1H4. The Kier molecular flexibility index (Phi) is 8.45. The molecule has 0 saturated heterocycles. The quantitative estimate of drug-likeness (QED) is 0.552. The van der Waals surface area contributed by atoms with Crippen LogP contribution in [0.15, 0.2) is 0 Å². The molecule has 2 nitrogen and oxygen atoms in total. The predicted octanol–water partition coefficient (Wildman–Crippen LogP) is 1.17. The lowest BCUT2D eigenvalue weighted by atomic mass is 10.3. The zero-order chi connectivity index (χ0) is 5.70. The zero-order valence-corrected chi connectivity index (χ0v) is 4.77. The summed E-state index contributed by atoms with van der Waals surface area (Å²) in [5.41, 5.74) is 0. The molecule has 0 aromatic heterocycles. The van der Waals surface area contributed by atoms with E-state index in [1.54, 1.807) is 0 Å². The van der Waals surface area contributed by atoms with Gasteiger partial charge in [-0.25, -0.2) is 0 Å². The maximum absolute atomic E-state index is 9.66. The van der Waals surface area contributed by atoms with E-state index < -0.39 is 0 Å². The molecule has 1 N–H and O–H groups in total. The van der Waals surface area contributed by atoms with Crippen LogP contribution in [0.3, 0.4) is 0 Å². The first-order valence-electron chi connectivity index (χ1n) is 2.51. The van der Waals surface area contributed by atoms with Crippen molar-refractivity contribution in [1.29, 1.82) is 0 Å². The molecule has 0 heterocycles. The van der Waals surface area contributed by atoms with Gasteiger partial charge in [-0.15, -0.1) is 0 Å². The minimum atomic E-state index is 0. The van der Waals surface area contributed by atoms with Crippen LogP contribution in [-0.4, -0.2) is 12.5 Å². The van der Waals surface area contributed by atoms with E-state index in [4.69, 9.17) is 0 Å². The summed E-state index contributed by atoms with van der Waals surface area (Å²) in [4.78, 5) is 9.66. The van der Waals surface area contributed by atoms with E-state index in [1.807, 2.05) is 13.8 Å². The van der Waals surface area contributed by atoms with Crippen molar-refractivity contribution in [3.63, 3.8) is 0 Å². The molecule has 2 heteroatoms. The molecule has 0 rings (SSSR count). The largest absolute Gasteiger partial charge is 0.356 e. The molecule has 0 aliphatic heterocycles. The second-order valence-corrected chi connectivity index (χ2v) is 1.59. The van der Waals surface area contributed by atoms with Crippen LogP contribution >= 0.6 is 0 Å². The van der Waals surface area contributed by atoms with Crippen LogP contribution in [0.1, 0.15) is 27.7 Å². The number of nitrogens with one attached hydrogen (secondary N) is 1. The monoisotopic (exact) mass is 117 g/mol. The van der Waals surface area contributed by atoms with Crippen LogP contribution in [-0.2, 0) is 4.79 Å². The van der Waals surface area contributed by atoms with Crippen LogP contribution in [0.4, 0.5) is 0 Å². The Morgan fingerprint density at radius 2 is 2.25 bits per heavy atom. The average Bonchev–Trinajstić information content (AvgIpc) is 1.68. The summed E-state index contributed by atoms with van der Waals surface area (Å²) in [6, 6.07) is 0.331. The second-order valence-electron chi connectivity index (χ2n) is 1.59. The molecule has 8 heavy (non-hydrogen) atoms. The van der Waals surface area contributed by atoms with Crippen molar-refractivity contribution in [3.05, 3.63) is 0 Å². The molecular formula is C6H15NO. The summed E-state index contributed by atoms with van der Waals surface area (Å²) in [7, 11) is 0. The highest BCUT2D eigenvalue weighted by atomic mass is 16.1. The topological polar surface area (TPSA) is 29.1 Å². The lowest BCUT2D eigenvalue weighted by molar-refractivity contribution is -0.110. The third-order valence-corrected chi connectivity index (χ3v) is 0.965. The summed E-state index contributed by atoms with van der Waals surface area (Å²) in [5.74, 6) is 0. The molecule has 1 atom stereocenters. The summed E-state index contributed by atoms with van der Waals surface area (Å²) >= 11 is 0. The van der Waals surface area contributed by atoms with E-state index in [0.29, 0.717) is 6.04 Å². The predicted molar refractivity (Wildman–Crippen MR) is 35.7 cm³/mol. The van der Waals surface area contributed by atoms with Gasteiger partial charge in [-0.2, -0.15) is 0 Å². The van der Waals surface area contributed by atoms with Gasteiger partial charge in [0.05, 0.1) is 0 Å². The van der Waals surface area contributed by atoms with Crippen LogP contribution < -0.4 is 5.32 Å². The van der Waals surface area contributed by atoms with E-state index in [1.165, 1.54) is 0 Å². The first kappa shape index (κ1) is 10.5. The van der Waals surface area contributed by atoms with Crippen molar-refractivity contribution < 1.29 is 4.79 Å². The lowest BCUT2D eigenvalue weighted by Crippen LogP contribution is -2.22. The van der Waals surface area contributed by atoms with E-state index in [2.05, 4.69) is 5.32 Å². The fourth-order valence-electron chi connectivity index (χ4n) is 0.234. The Morgan fingerprint density at radius 1 is 1.75 bits per heavy atom. The molecule has 0 aliphatic rings. The fourth-order valence-corrected chi connectivity index (χ4v) is 0.234. The van der Waals surface area contributed by atoms with Crippen molar-refractivity contribution in [2.75, 3.05) is 0 Å². The molecular weight excluding hydrogens is 102 g/mol. The minimum absolute atomic E-state index is 0. The van der Waals surface area contributed by atoms with Gasteiger partial charge < -0.3 is 5.32 Å². The number of amides is 1. The van der Waals surface area contributed by atoms with E-state index in [-0.39, 0.29) is 7.43 Å². The Bertz CT molecular complexity index is 54.5. The van der Waals surface area contributed by atoms with Gasteiger partial charge in [-0.05, 0) is 13.3 Å². The molecule has 0 saturated carbocycles. The molecule has 0 aromatic carbocycles. The van der Waals surface area contributed by atoms with Crippen molar-refractivity contribution in [2.24, 2.45) is 0 Å². The van der Waals surface area contributed by atoms with Crippen LogP contribution in [0.5, 0.6) is 0 Å². The van der Waals surface area contributed by atoms with Gasteiger partial charge in [0.1, 0.15) is 0 Å². The SMILES string of the molecule is C.CCC(C)NC=O. The molecule has 0 fully saturated rings. The number of hydrogen-bond donors (Lipinski definition) is 1. The van der Waals surface area contributed by atoms with Gasteiger partial charge in [0.15, 0.2) is 0 Å². The molecule has 0 spiro atoms. The molecule has 50 valence electrons. The van der Waals surface area contributed by atoms with Gasteiger partial charge in [-0.1, -0.05) is 14.4 Å². The Labute approximate surface area is 51.3 Å². The van der Waals surface area contributed by atoms with E-state index in [9.17, 15) is 4.79 Å². The van der Waals surface area contributed by atoms with Gasteiger partial charge in [-0.3, -0.25) is 4.79 Å². The maximum atomic E-state index is 9.66. The molecule has 0 radical (unpaired) electrons. The summed E-state index contributed by atoms with van der Waals surface area (Å²) in [6.07, 6.45) is 1.73. The lowest BCUT2D eigenvalue weighted by Gasteiger charge is -2.02. The van der Waals surface area contributed by atoms with Crippen molar-refractivity contribution >= 4 is 6.41 Å². The van der Waals surface area contributed by atoms with Crippen LogP contribution in [0.2, 0.25) is 0 Å². The number of carbonyl (C=O) groups excluding carboxylic acids is 1. The highest BCUT2D eigenvalue weighted by Crippen LogP contribution is 1.82. The molecule has 1 amide bonds. The first-order chi connectivity index (χ1) is 3.31. The highest BCUT2D eigenvalue weighted by molar-refractivity contribution is 5.46. The van der Waals surface area contributed by atoms with Gasteiger partial charge in [0, 0.05) is 6.04 Å². The molecule has 0 aliphatic carbocycles. The number of carbonyl (C=O) groups is 1. The number of hydrogen-bond acceptors (Lipinski definition) is 1. The second kappa shape index (κ2) is 6.47. The first-order valence-corrected chi connectivity index (χ1v) is 2.51. The third-order valence-electron chi connectivity index (χ3n) is 0.965. The van der Waals surface area contributed by atoms with Crippen molar-refractivity contribution in [1.82, 2.24) is 5.32 Å². The average molecular weight is 117 g/mol. The van der Waals surface area contributed by atoms with Gasteiger partial charge in [0.25, 0.3) is 0 Å². The van der Waals surface area contributed by atoms with E-state index >= 15 is 0 Å². The van der Waals surface area contributed by atoms with Gasteiger partial charge >= 0.3 is 0 Å². The smallest absolute Gasteiger partial charge is 0.207 e. The molecule has 0 aromatic rings. The summed E-state index contributed by atoms with van der Waals surface area (Å²) in [6.45, 7) is 4.00. The van der Waals surface area contributed by atoms with Crippen molar-refractivity contribution in [2.45, 2.75) is 33.7 Å². The Hall–Kier alpha value is -0.530. The Balaban J connectivity index is 0. The maximum Gasteiger partial charge on any atom is 0.207 e.